The summed E-state index contributed by atoms with van der Waals surface area (Å²) in [6, 6.07) is 22.8. The lowest BCUT2D eigenvalue weighted by molar-refractivity contribution is -0.660. The average Bonchev–Trinajstić information content (AvgIpc) is 2.74. The highest BCUT2D eigenvalue weighted by atomic mass is 14.9. The van der Waals surface area contributed by atoms with E-state index in [0.717, 1.165) is 17.8 Å². The molecule has 2 aromatic carbocycles. The van der Waals surface area contributed by atoms with E-state index in [4.69, 9.17) is 0 Å². The van der Waals surface area contributed by atoms with E-state index in [2.05, 4.69) is 85.4 Å². The van der Waals surface area contributed by atoms with Crippen LogP contribution in [0.4, 0.5) is 0 Å². The SMILES string of the molecule is Cc1ccccc1-c1cc(-c2ccc(CC34CC5CC(CC(C5)C3)C4)cc2)cc[n+]1C. The fraction of sp³-hybridized carbons (Fsp3) is 0.433. The molecule has 3 aromatic rings. The summed E-state index contributed by atoms with van der Waals surface area (Å²) < 4.78 is 2.23. The Bertz CT molecular complexity index is 1070. The van der Waals surface area contributed by atoms with Crippen LogP contribution < -0.4 is 4.57 Å². The molecule has 0 spiro atoms. The second kappa shape index (κ2) is 7.33. The highest BCUT2D eigenvalue weighted by molar-refractivity contribution is 5.70. The van der Waals surface area contributed by atoms with Gasteiger partial charge in [0.05, 0.1) is 0 Å². The van der Waals surface area contributed by atoms with Gasteiger partial charge in [0.2, 0.25) is 5.69 Å². The van der Waals surface area contributed by atoms with Gasteiger partial charge in [-0.1, -0.05) is 42.5 Å². The molecule has 0 unspecified atom stereocenters. The van der Waals surface area contributed by atoms with Crippen LogP contribution in [0.1, 0.15) is 49.7 Å². The Hall–Kier alpha value is -2.41. The standard InChI is InChI=1S/C30H34N/c1-21-5-3-4-6-28(21)29-16-27(11-12-31(29)2)26-9-7-22(8-10-26)17-30-18-23-13-24(19-30)15-25(14-23)20-30/h3-12,16,23-25H,13-15,17-20H2,1-2H3/q+1. The third-order valence-corrected chi connectivity index (χ3v) is 8.60. The van der Waals surface area contributed by atoms with Gasteiger partial charge in [-0.05, 0) is 103 Å². The predicted octanol–water partition coefficient (Wildman–Crippen LogP) is 6.91. The molecule has 0 N–H and O–H groups in total. The molecule has 4 saturated carbocycles. The van der Waals surface area contributed by atoms with Crippen molar-refractivity contribution < 1.29 is 4.57 Å². The number of rotatable bonds is 4. The van der Waals surface area contributed by atoms with Gasteiger partial charge >= 0.3 is 0 Å². The van der Waals surface area contributed by atoms with Crippen LogP contribution in [0, 0.1) is 30.1 Å². The van der Waals surface area contributed by atoms with Crippen molar-refractivity contribution in [3.05, 3.63) is 78.0 Å². The summed E-state index contributed by atoms with van der Waals surface area (Å²) in [5.41, 5.74) is 8.70. The van der Waals surface area contributed by atoms with Gasteiger partial charge in [-0.25, -0.2) is 4.57 Å². The van der Waals surface area contributed by atoms with Crippen LogP contribution in [0.3, 0.4) is 0 Å². The first kappa shape index (κ1) is 19.3. The number of hydrogen-bond acceptors (Lipinski definition) is 0. The highest BCUT2D eigenvalue weighted by Gasteiger charge is 2.50. The Morgan fingerprint density at radius 1 is 0.806 bits per heavy atom. The van der Waals surface area contributed by atoms with E-state index in [-0.39, 0.29) is 0 Å². The zero-order valence-corrected chi connectivity index (χ0v) is 19.0. The summed E-state index contributed by atoms with van der Waals surface area (Å²) >= 11 is 0. The third-order valence-electron chi connectivity index (χ3n) is 8.60. The molecular weight excluding hydrogens is 374 g/mol. The minimum Gasteiger partial charge on any atom is -0.201 e. The molecule has 0 atom stereocenters. The Morgan fingerprint density at radius 2 is 1.45 bits per heavy atom. The van der Waals surface area contributed by atoms with Gasteiger partial charge in [0.15, 0.2) is 6.20 Å². The molecular formula is C30H34N+. The van der Waals surface area contributed by atoms with E-state index in [9.17, 15) is 0 Å². The van der Waals surface area contributed by atoms with E-state index in [0.29, 0.717) is 5.41 Å². The van der Waals surface area contributed by atoms with Gasteiger partial charge in [0.1, 0.15) is 7.05 Å². The first-order valence-electron chi connectivity index (χ1n) is 12.2. The molecule has 0 aliphatic heterocycles. The van der Waals surface area contributed by atoms with Gasteiger partial charge < -0.3 is 0 Å². The van der Waals surface area contributed by atoms with Gasteiger partial charge in [-0.15, -0.1) is 0 Å². The van der Waals surface area contributed by atoms with Gasteiger partial charge in [0.25, 0.3) is 0 Å². The number of nitrogens with zero attached hydrogens (tertiary/aromatic N) is 1. The molecule has 0 saturated heterocycles. The van der Waals surface area contributed by atoms with Crippen molar-refractivity contribution in [2.45, 2.75) is 51.9 Å². The quantitative estimate of drug-likeness (QED) is 0.413. The predicted molar refractivity (Wildman–Crippen MR) is 128 cm³/mol. The van der Waals surface area contributed by atoms with E-state index < -0.39 is 0 Å². The van der Waals surface area contributed by atoms with Crippen molar-refractivity contribution in [1.82, 2.24) is 0 Å². The summed E-state index contributed by atoms with van der Waals surface area (Å²) in [7, 11) is 2.14. The van der Waals surface area contributed by atoms with Crippen molar-refractivity contribution in [2.75, 3.05) is 0 Å². The second-order valence-corrected chi connectivity index (χ2v) is 11.0. The normalized spacial score (nSPS) is 28.8. The number of benzene rings is 2. The van der Waals surface area contributed by atoms with E-state index in [1.165, 1.54) is 72.9 Å². The average molecular weight is 409 g/mol. The largest absolute Gasteiger partial charge is 0.213 e. The lowest BCUT2D eigenvalue weighted by atomic mass is 9.48. The van der Waals surface area contributed by atoms with Crippen molar-refractivity contribution in [3.63, 3.8) is 0 Å². The van der Waals surface area contributed by atoms with Crippen LogP contribution >= 0.6 is 0 Å². The minimum absolute atomic E-state index is 0.620. The molecule has 4 fully saturated rings. The second-order valence-electron chi connectivity index (χ2n) is 11.0. The maximum atomic E-state index is 2.41. The summed E-state index contributed by atoms with van der Waals surface area (Å²) in [6.07, 6.45) is 12.6. The maximum absolute atomic E-state index is 2.41. The molecule has 4 bridgehead atoms. The fourth-order valence-electron chi connectivity index (χ4n) is 7.63. The van der Waals surface area contributed by atoms with Crippen LogP contribution in [-0.4, -0.2) is 0 Å². The first-order chi connectivity index (χ1) is 15.1. The minimum atomic E-state index is 0.620. The first-order valence-corrected chi connectivity index (χ1v) is 12.2. The van der Waals surface area contributed by atoms with Crippen molar-refractivity contribution in [1.29, 1.82) is 0 Å². The van der Waals surface area contributed by atoms with Crippen LogP contribution in [0.25, 0.3) is 22.4 Å². The van der Waals surface area contributed by atoms with Gasteiger partial charge in [0, 0.05) is 17.7 Å². The lowest BCUT2D eigenvalue weighted by Crippen LogP contribution is -2.47. The van der Waals surface area contributed by atoms with Crippen LogP contribution in [-0.2, 0) is 13.5 Å². The van der Waals surface area contributed by atoms with Crippen LogP contribution in [0.2, 0.25) is 0 Å². The van der Waals surface area contributed by atoms with Crippen molar-refractivity contribution in [2.24, 2.45) is 30.2 Å². The molecule has 31 heavy (non-hydrogen) atoms. The summed E-state index contributed by atoms with van der Waals surface area (Å²) in [5, 5.41) is 0. The number of aromatic nitrogens is 1. The van der Waals surface area contributed by atoms with E-state index in [1.54, 1.807) is 5.56 Å². The van der Waals surface area contributed by atoms with Crippen molar-refractivity contribution in [3.8, 4) is 22.4 Å². The molecule has 1 nitrogen and oxygen atoms in total. The Morgan fingerprint density at radius 3 is 2.10 bits per heavy atom. The van der Waals surface area contributed by atoms with Gasteiger partial charge in [-0.3, -0.25) is 0 Å². The zero-order chi connectivity index (χ0) is 21.0. The smallest absolute Gasteiger partial charge is 0.201 e. The molecule has 0 radical (unpaired) electrons. The molecule has 4 aliphatic rings. The number of hydrogen-bond donors (Lipinski definition) is 0. The molecule has 1 heterocycles. The third kappa shape index (κ3) is 3.53. The van der Waals surface area contributed by atoms with Gasteiger partial charge in [-0.2, -0.15) is 0 Å². The molecule has 1 heteroatoms. The zero-order valence-electron chi connectivity index (χ0n) is 19.0. The Labute approximate surface area is 187 Å². The summed E-state index contributed by atoms with van der Waals surface area (Å²) in [4.78, 5) is 0. The molecule has 1 aromatic heterocycles. The molecule has 0 amide bonds. The van der Waals surface area contributed by atoms with E-state index >= 15 is 0 Å². The highest BCUT2D eigenvalue weighted by Crippen LogP contribution is 2.61. The Kier molecular flexibility index (Phi) is 4.56. The van der Waals surface area contributed by atoms with Crippen LogP contribution in [0.15, 0.2) is 66.9 Å². The van der Waals surface area contributed by atoms with E-state index in [1.807, 2.05) is 0 Å². The fourth-order valence-corrected chi connectivity index (χ4v) is 7.63. The molecule has 7 rings (SSSR count). The van der Waals surface area contributed by atoms with Crippen molar-refractivity contribution >= 4 is 0 Å². The monoisotopic (exact) mass is 408 g/mol. The maximum Gasteiger partial charge on any atom is 0.213 e. The molecule has 4 aliphatic carbocycles. The summed E-state index contributed by atoms with van der Waals surface area (Å²) in [6.45, 7) is 2.20. The topological polar surface area (TPSA) is 3.88 Å². The Balaban J connectivity index is 1.26. The number of pyridine rings is 1. The number of aryl methyl sites for hydroxylation is 2. The molecule has 158 valence electrons. The van der Waals surface area contributed by atoms with Crippen LogP contribution in [0.5, 0.6) is 0 Å². The lowest BCUT2D eigenvalue weighted by Gasteiger charge is -2.57. The summed E-state index contributed by atoms with van der Waals surface area (Å²) in [5.74, 6) is 3.11.